The van der Waals surface area contributed by atoms with Crippen LogP contribution in [0.15, 0.2) is 18.2 Å². The number of rotatable bonds is 5. The minimum absolute atomic E-state index is 0.675. The van der Waals surface area contributed by atoms with Crippen molar-refractivity contribution in [3.63, 3.8) is 0 Å². The van der Waals surface area contributed by atoms with Gasteiger partial charge < -0.3 is 5.32 Å². The highest BCUT2D eigenvalue weighted by atomic mass is 35.5. The molecule has 78 valence electrons. The molecule has 3 heteroatoms. The Kier molecular flexibility index (Phi) is 5.13. The van der Waals surface area contributed by atoms with Gasteiger partial charge in [0, 0.05) is 11.6 Å². The van der Waals surface area contributed by atoms with E-state index in [1.165, 1.54) is 19.3 Å². The van der Waals surface area contributed by atoms with Crippen LogP contribution in [-0.4, -0.2) is 6.54 Å². The van der Waals surface area contributed by atoms with Gasteiger partial charge in [0.2, 0.25) is 0 Å². The number of nitrogens with one attached hydrogen (secondary N) is 1. The van der Waals surface area contributed by atoms with Gasteiger partial charge in [-0.3, -0.25) is 0 Å². The van der Waals surface area contributed by atoms with Crippen molar-refractivity contribution < 1.29 is 0 Å². The standard InChI is InChI=1S/C11H15Cl2N/c1-2-3-4-7-14-11-6-5-9(12)8-10(11)13/h5-6,8,14H,2-4,7H2,1H3. The highest BCUT2D eigenvalue weighted by molar-refractivity contribution is 6.36. The van der Waals surface area contributed by atoms with Crippen LogP contribution in [0.3, 0.4) is 0 Å². The summed E-state index contributed by atoms with van der Waals surface area (Å²) in [5.41, 5.74) is 0.965. The molecule has 0 unspecified atom stereocenters. The van der Waals surface area contributed by atoms with Crippen molar-refractivity contribution in [2.45, 2.75) is 26.2 Å². The Morgan fingerprint density at radius 3 is 2.64 bits per heavy atom. The van der Waals surface area contributed by atoms with Gasteiger partial charge in [0.1, 0.15) is 0 Å². The summed E-state index contributed by atoms with van der Waals surface area (Å²) in [6.45, 7) is 3.16. The average Bonchev–Trinajstić information content (AvgIpc) is 2.15. The van der Waals surface area contributed by atoms with Crippen molar-refractivity contribution in [3.8, 4) is 0 Å². The Balaban J connectivity index is 2.42. The molecule has 0 radical (unpaired) electrons. The van der Waals surface area contributed by atoms with Crippen molar-refractivity contribution in [2.75, 3.05) is 11.9 Å². The fourth-order valence-corrected chi connectivity index (χ4v) is 1.71. The quantitative estimate of drug-likeness (QED) is 0.731. The summed E-state index contributed by atoms with van der Waals surface area (Å²) in [6.07, 6.45) is 3.66. The summed E-state index contributed by atoms with van der Waals surface area (Å²) in [7, 11) is 0. The van der Waals surface area contributed by atoms with E-state index in [1.807, 2.05) is 12.1 Å². The second-order valence-corrected chi connectivity index (χ2v) is 4.10. The molecule has 0 saturated heterocycles. The maximum atomic E-state index is 6.00. The Morgan fingerprint density at radius 1 is 1.21 bits per heavy atom. The molecule has 0 spiro atoms. The van der Waals surface area contributed by atoms with Crippen molar-refractivity contribution >= 4 is 28.9 Å². The Morgan fingerprint density at radius 2 is 2.00 bits per heavy atom. The van der Waals surface area contributed by atoms with Crippen LogP contribution in [0.25, 0.3) is 0 Å². The predicted molar refractivity (Wildman–Crippen MR) is 64.5 cm³/mol. The van der Waals surface area contributed by atoms with Gasteiger partial charge >= 0.3 is 0 Å². The first-order valence-corrected chi connectivity index (χ1v) is 5.68. The Bertz CT molecular complexity index is 287. The van der Waals surface area contributed by atoms with E-state index in [0.717, 1.165) is 12.2 Å². The molecule has 0 aliphatic carbocycles. The number of unbranched alkanes of at least 4 members (excludes halogenated alkanes) is 2. The lowest BCUT2D eigenvalue weighted by Crippen LogP contribution is -2.01. The molecule has 1 rings (SSSR count). The zero-order chi connectivity index (χ0) is 10.4. The largest absolute Gasteiger partial charge is 0.384 e. The molecular weight excluding hydrogens is 217 g/mol. The smallest absolute Gasteiger partial charge is 0.0652 e. The highest BCUT2D eigenvalue weighted by Gasteiger charge is 1.99. The average molecular weight is 232 g/mol. The first kappa shape index (κ1) is 11.7. The van der Waals surface area contributed by atoms with Gasteiger partial charge in [0.15, 0.2) is 0 Å². The Labute approximate surface area is 95.4 Å². The van der Waals surface area contributed by atoms with E-state index in [9.17, 15) is 0 Å². The molecule has 0 atom stereocenters. The fraction of sp³-hybridized carbons (Fsp3) is 0.455. The SMILES string of the molecule is CCCCCNc1ccc(Cl)cc1Cl. The molecule has 0 aromatic heterocycles. The molecule has 0 heterocycles. The van der Waals surface area contributed by atoms with E-state index in [4.69, 9.17) is 23.2 Å². The number of benzene rings is 1. The van der Waals surface area contributed by atoms with Gasteiger partial charge in [-0.15, -0.1) is 0 Å². The third-order valence-electron chi connectivity index (χ3n) is 2.03. The van der Waals surface area contributed by atoms with Crippen LogP contribution in [0.1, 0.15) is 26.2 Å². The summed E-state index contributed by atoms with van der Waals surface area (Å²) in [4.78, 5) is 0. The maximum Gasteiger partial charge on any atom is 0.0652 e. The van der Waals surface area contributed by atoms with Crippen LogP contribution >= 0.6 is 23.2 Å². The molecule has 0 aliphatic heterocycles. The second-order valence-electron chi connectivity index (χ2n) is 3.26. The molecule has 0 bridgehead atoms. The van der Waals surface area contributed by atoms with Crippen LogP contribution in [0.4, 0.5) is 5.69 Å². The van der Waals surface area contributed by atoms with Gasteiger partial charge in [-0.05, 0) is 24.6 Å². The first-order chi connectivity index (χ1) is 6.74. The Hall–Kier alpha value is -0.400. The van der Waals surface area contributed by atoms with Gasteiger partial charge in [0.05, 0.1) is 10.7 Å². The summed E-state index contributed by atoms with van der Waals surface area (Å²) in [5, 5.41) is 4.65. The maximum absolute atomic E-state index is 6.00. The molecule has 0 saturated carbocycles. The van der Waals surface area contributed by atoms with E-state index >= 15 is 0 Å². The van der Waals surface area contributed by atoms with Crippen LogP contribution < -0.4 is 5.32 Å². The molecule has 0 aliphatic rings. The van der Waals surface area contributed by atoms with Gasteiger partial charge in [-0.1, -0.05) is 43.0 Å². The van der Waals surface area contributed by atoms with Crippen LogP contribution in [-0.2, 0) is 0 Å². The zero-order valence-corrected chi connectivity index (χ0v) is 9.83. The first-order valence-electron chi connectivity index (χ1n) is 4.93. The summed E-state index contributed by atoms with van der Waals surface area (Å²) >= 11 is 11.8. The monoisotopic (exact) mass is 231 g/mol. The number of hydrogen-bond donors (Lipinski definition) is 1. The summed E-state index contributed by atoms with van der Waals surface area (Å²) < 4.78 is 0. The van der Waals surface area contributed by atoms with Crippen molar-refractivity contribution in [1.29, 1.82) is 0 Å². The van der Waals surface area contributed by atoms with E-state index < -0.39 is 0 Å². The van der Waals surface area contributed by atoms with Crippen molar-refractivity contribution in [2.24, 2.45) is 0 Å². The van der Waals surface area contributed by atoms with Crippen LogP contribution in [0.5, 0.6) is 0 Å². The zero-order valence-electron chi connectivity index (χ0n) is 8.32. The van der Waals surface area contributed by atoms with Crippen LogP contribution in [0, 0.1) is 0 Å². The molecule has 1 aromatic rings. The number of halogens is 2. The highest BCUT2D eigenvalue weighted by Crippen LogP contribution is 2.25. The van der Waals surface area contributed by atoms with Crippen LogP contribution in [0.2, 0.25) is 10.0 Å². The summed E-state index contributed by atoms with van der Waals surface area (Å²) in [6, 6.07) is 5.51. The van der Waals surface area contributed by atoms with E-state index in [1.54, 1.807) is 6.07 Å². The fourth-order valence-electron chi connectivity index (χ4n) is 1.23. The second kappa shape index (κ2) is 6.15. The normalized spacial score (nSPS) is 10.2. The molecule has 0 fully saturated rings. The topological polar surface area (TPSA) is 12.0 Å². The number of hydrogen-bond acceptors (Lipinski definition) is 1. The third-order valence-corrected chi connectivity index (χ3v) is 2.57. The van der Waals surface area contributed by atoms with E-state index in [0.29, 0.717) is 10.0 Å². The lowest BCUT2D eigenvalue weighted by Gasteiger charge is -2.07. The lowest BCUT2D eigenvalue weighted by atomic mass is 10.2. The molecule has 1 nitrogen and oxygen atoms in total. The van der Waals surface area contributed by atoms with Gasteiger partial charge in [0.25, 0.3) is 0 Å². The van der Waals surface area contributed by atoms with E-state index in [2.05, 4.69) is 12.2 Å². The lowest BCUT2D eigenvalue weighted by molar-refractivity contribution is 0.744. The molecule has 1 aromatic carbocycles. The minimum Gasteiger partial charge on any atom is -0.384 e. The number of anilines is 1. The molecule has 1 N–H and O–H groups in total. The molecular formula is C11H15Cl2N. The predicted octanol–water partition coefficient (Wildman–Crippen LogP) is 4.60. The van der Waals surface area contributed by atoms with Gasteiger partial charge in [-0.2, -0.15) is 0 Å². The van der Waals surface area contributed by atoms with Gasteiger partial charge in [-0.25, -0.2) is 0 Å². The minimum atomic E-state index is 0.675. The van der Waals surface area contributed by atoms with E-state index in [-0.39, 0.29) is 0 Å². The third kappa shape index (κ3) is 3.77. The summed E-state index contributed by atoms with van der Waals surface area (Å²) in [5.74, 6) is 0. The van der Waals surface area contributed by atoms with Crippen molar-refractivity contribution in [1.82, 2.24) is 0 Å². The van der Waals surface area contributed by atoms with Crippen molar-refractivity contribution in [3.05, 3.63) is 28.2 Å². The molecule has 14 heavy (non-hydrogen) atoms. The molecule has 0 amide bonds.